The largest absolute Gasteiger partial charge is 0.508 e. The van der Waals surface area contributed by atoms with Crippen LogP contribution in [0.2, 0.25) is 0 Å². The monoisotopic (exact) mass is 1270 g/mol. The van der Waals surface area contributed by atoms with E-state index in [1.165, 1.54) is 22.8 Å². The van der Waals surface area contributed by atoms with Crippen LogP contribution in [0.25, 0.3) is 0 Å². The number of hydrogen-bond donors (Lipinski definition) is 10. The molecule has 25 atom stereocenters. The van der Waals surface area contributed by atoms with Gasteiger partial charge in [-0.3, -0.25) is 9.59 Å². The number of ketones is 1. The fourth-order valence-electron chi connectivity index (χ4n) is 25.2. The van der Waals surface area contributed by atoms with E-state index in [4.69, 9.17) is 9.47 Å². The van der Waals surface area contributed by atoms with Gasteiger partial charge in [0, 0.05) is 63.7 Å². The number of epoxide rings is 1. The molecule has 0 unspecified atom stereocenters. The maximum atomic E-state index is 17.2. The predicted molar refractivity (Wildman–Crippen MR) is 343 cm³/mol. The minimum absolute atomic E-state index is 0.0322. The van der Waals surface area contributed by atoms with Crippen LogP contribution >= 0.6 is 21.6 Å². The summed E-state index contributed by atoms with van der Waals surface area (Å²) in [5.74, 6) is -1.86. The van der Waals surface area contributed by atoms with E-state index in [1.54, 1.807) is 18.2 Å². The van der Waals surface area contributed by atoms with Crippen LogP contribution < -0.4 is 10.2 Å². The smallest absolute Gasteiger partial charge is 0.235 e. The lowest BCUT2D eigenvalue weighted by atomic mass is 9.38. The number of aromatic hydroxyl groups is 1. The van der Waals surface area contributed by atoms with Gasteiger partial charge < -0.3 is 65.6 Å². The molecule has 1 aromatic carbocycles. The highest BCUT2D eigenvalue weighted by molar-refractivity contribution is 8.76. The number of fused-ring (bicyclic) bond motifs is 4. The van der Waals surface area contributed by atoms with Gasteiger partial charge in [-0.25, -0.2) is 0 Å². The third-order valence-corrected chi connectivity index (χ3v) is 32.2. The molecule has 0 radical (unpaired) electrons. The summed E-state index contributed by atoms with van der Waals surface area (Å²) in [4.78, 5) is 35.2. The zero-order valence-electron chi connectivity index (χ0n) is 53.1. The number of benzene rings is 1. The summed E-state index contributed by atoms with van der Waals surface area (Å²) in [5.41, 5.74) is -11.6. The van der Waals surface area contributed by atoms with Gasteiger partial charge in [0.25, 0.3) is 0 Å². The number of carbonyl (C=O) groups excluding carboxylic acids is 2. The number of ether oxygens (including phenoxy) is 2. The zero-order valence-corrected chi connectivity index (χ0v) is 54.7. The van der Waals surface area contributed by atoms with E-state index in [2.05, 4.69) is 68.6 Å². The summed E-state index contributed by atoms with van der Waals surface area (Å²) in [6, 6.07) is 5.35. The van der Waals surface area contributed by atoms with Crippen molar-refractivity contribution in [2.24, 2.45) is 91.7 Å². The molecule has 5 spiro atoms. The van der Waals surface area contributed by atoms with Crippen molar-refractivity contribution in [3.05, 3.63) is 83.5 Å². The molecule has 7 aliphatic heterocycles. The molecule has 0 aromatic heterocycles. The number of carbonyl (C=O) groups is 2. The number of phenolic OH excluding ortho intramolecular Hbond substituents is 1. The van der Waals surface area contributed by atoms with Gasteiger partial charge in [-0.05, 0) is 184 Å². The lowest BCUT2D eigenvalue weighted by molar-refractivity contribution is -0.235. The third-order valence-electron chi connectivity index (χ3n) is 29.5. The van der Waals surface area contributed by atoms with Gasteiger partial charge in [0.2, 0.25) is 5.91 Å². The summed E-state index contributed by atoms with van der Waals surface area (Å²) in [6.07, 6.45) is 24.9. The number of anilines is 1. The number of aliphatic hydroxyl groups excluding tert-OH is 5. The molecule has 1 aromatic rings. The molecule has 15 nitrogen and oxygen atoms in total. The topological polar surface area (TPSA) is 253 Å². The van der Waals surface area contributed by atoms with Crippen LogP contribution in [0.3, 0.4) is 0 Å². The summed E-state index contributed by atoms with van der Waals surface area (Å²) in [7, 11) is 2.52. The molecule has 17 heteroatoms. The minimum Gasteiger partial charge on any atom is -0.508 e. The SMILES string of the molecule is CC(C)[C@@H](C)[C@@H]1O[C@H]1[C@@]1(O)CC=C[C@@H]2C[C@H]3C4=CC(=O)[C@@]5(C[C@@H](O)[C@](O)(CO)C[C@]35C)[C@@H](O)SSC[C@H]3CCC[C@]5(CO)C=C[C@@H]6C[C@H]([C@H]7C[C@@H]8C=C9C=CCO[C@H]9C[C@H]8C8(CCCCC8)N7)[C@H](O)[C@@]67CN(C(=O)[C@@]357)c3cc(O)cc(c3)CC[C@]23[C@@H]1CC[C@@]43O. The average molecular weight is 1280 g/mol. The highest BCUT2D eigenvalue weighted by atomic mass is 33.1. The molecular formula is C73H98N2O13S2. The molecule has 1 amide bonds. The Hall–Kier alpha value is -2.88. The summed E-state index contributed by atoms with van der Waals surface area (Å²) in [5, 5.41) is 121. The fourth-order valence-corrected chi connectivity index (χ4v) is 28.3. The Balaban J connectivity index is 0.856. The Kier molecular flexibility index (Phi) is 14.5. The van der Waals surface area contributed by atoms with Crippen LogP contribution in [0.4, 0.5) is 5.69 Å². The second-order valence-corrected chi connectivity index (χ2v) is 35.3. The molecule has 9 fully saturated rings. The second kappa shape index (κ2) is 21.1. The van der Waals surface area contributed by atoms with Gasteiger partial charge >= 0.3 is 0 Å². The number of nitrogens with zero attached hydrogens (tertiary/aromatic N) is 1. The standard InChI is InChI=1S/C73H98N2O13S2/c1-40(2)41(3)59-61(88-59)71(85)20-9-12-45-30-52-53-33-57(79)69(34-58(80)67(84,39-77)36-64(52,69)4)63(83)90-89-35-47-13-8-17-65(38-76)21-15-46-29-50(54-28-44-27-43-11-10-24-87-55(43)32-51(44)66(74-54)18-6-5-7-19-66)60(81)70(46)37-75(62(82)73(47,65)70)48-25-42(26-49(78)31-48)14-22-68(45)56(71)16-23-72(53,68)86/h9-12,15,21,25-27,31,33,40-41,44-47,50-52,54-56,58-61,63,74,76-78,80-81,83-86H,5-8,13-14,16-20,22-24,28-30,32,34-39H2,1-4H3/t41-,44+,45-,46-,47-,50-,51-,52+,54-,55+,56+,58-,59+,60+,61-,63+,64-,65-,67-,68-,69+,70-,71-,72-,73+/m1/s1. The van der Waals surface area contributed by atoms with Crippen molar-refractivity contribution >= 4 is 39.0 Å². The molecule has 10 N–H and O–H groups in total. The lowest BCUT2D eigenvalue weighted by Gasteiger charge is -2.68. The van der Waals surface area contributed by atoms with Gasteiger partial charge in [-0.1, -0.05) is 117 Å². The number of amides is 1. The van der Waals surface area contributed by atoms with Crippen LogP contribution in [0, 0.1) is 91.7 Å². The van der Waals surface area contributed by atoms with Gasteiger partial charge in [0.1, 0.15) is 28.5 Å². The first-order valence-corrected chi connectivity index (χ1v) is 37.3. The number of allylic oxidation sites excluding steroid dienone is 4. The number of hydrogen-bond acceptors (Lipinski definition) is 16. The highest BCUT2D eigenvalue weighted by Gasteiger charge is 2.83. The predicted octanol–water partition coefficient (Wildman–Crippen LogP) is 8.18. The van der Waals surface area contributed by atoms with Gasteiger partial charge in [0.05, 0.1) is 60.7 Å². The maximum absolute atomic E-state index is 17.2. The van der Waals surface area contributed by atoms with Crippen molar-refractivity contribution in [2.45, 2.75) is 214 Å². The van der Waals surface area contributed by atoms with Crippen molar-refractivity contribution in [3.8, 4) is 5.75 Å². The van der Waals surface area contributed by atoms with Crippen molar-refractivity contribution in [1.29, 1.82) is 0 Å². The van der Waals surface area contributed by atoms with Crippen LogP contribution in [0.15, 0.2) is 78.0 Å². The second-order valence-electron chi connectivity index (χ2n) is 32.8. The Bertz CT molecular complexity index is 3270. The first-order valence-electron chi connectivity index (χ1n) is 34.9. The molecule has 18 rings (SSSR count). The van der Waals surface area contributed by atoms with Crippen LogP contribution in [0.1, 0.15) is 149 Å². The number of piperidine rings is 1. The molecule has 7 heterocycles. The van der Waals surface area contributed by atoms with E-state index in [0.29, 0.717) is 80.9 Å². The van der Waals surface area contributed by atoms with Crippen LogP contribution in [-0.4, -0.2) is 154 Å². The molecule has 90 heavy (non-hydrogen) atoms. The van der Waals surface area contributed by atoms with Gasteiger partial charge in [0.15, 0.2) is 5.78 Å². The molecule has 17 aliphatic rings. The fraction of sp³-hybridized carbons (Fsp3) is 0.753. The summed E-state index contributed by atoms with van der Waals surface area (Å²) < 4.78 is 13.0. The molecule has 6 saturated carbocycles. The Labute approximate surface area is 538 Å². The van der Waals surface area contributed by atoms with Gasteiger partial charge in [-0.15, -0.1) is 0 Å². The molecule has 3 saturated heterocycles. The lowest BCUT2D eigenvalue weighted by Crippen LogP contribution is -2.72. The molecular weight excluding hydrogens is 1180 g/mol. The quantitative estimate of drug-likeness (QED) is 0.0732. The van der Waals surface area contributed by atoms with Crippen molar-refractivity contribution < 1.29 is 65.0 Å². The molecule has 8 bridgehead atoms. The number of phenols is 1. The van der Waals surface area contributed by atoms with Crippen molar-refractivity contribution in [3.63, 3.8) is 0 Å². The van der Waals surface area contributed by atoms with E-state index < -0.39 is 109 Å². The van der Waals surface area contributed by atoms with Crippen molar-refractivity contribution in [2.75, 3.05) is 37.0 Å². The van der Waals surface area contributed by atoms with Crippen LogP contribution in [0.5, 0.6) is 5.75 Å². The summed E-state index contributed by atoms with van der Waals surface area (Å²) in [6.45, 7) is 8.05. The van der Waals surface area contributed by atoms with E-state index in [0.717, 1.165) is 54.9 Å². The minimum atomic E-state index is -2.05. The van der Waals surface area contributed by atoms with E-state index in [1.807, 2.05) is 17.9 Å². The van der Waals surface area contributed by atoms with Crippen molar-refractivity contribution in [1.82, 2.24) is 5.32 Å². The molecule has 10 aliphatic carbocycles. The Morgan fingerprint density at radius 2 is 1.67 bits per heavy atom. The molecule has 490 valence electrons. The zero-order chi connectivity index (χ0) is 62.7. The van der Waals surface area contributed by atoms with Gasteiger partial charge in [-0.2, -0.15) is 0 Å². The average Bonchev–Trinajstić information content (AvgIpc) is 1.42. The first kappa shape index (κ1) is 62.0. The number of nitrogens with one attached hydrogen (secondary N) is 1. The van der Waals surface area contributed by atoms with E-state index in [-0.39, 0.29) is 104 Å². The maximum Gasteiger partial charge on any atom is 0.235 e. The van der Waals surface area contributed by atoms with Crippen LogP contribution in [-0.2, 0) is 25.5 Å². The third kappa shape index (κ3) is 7.84. The number of rotatable bonds is 6. The number of aryl methyl sites for hydroxylation is 1. The Morgan fingerprint density at radius 1 is 0.867 bits per heavy atom. The summed E-state index contributed by atoms with van der Waals surface area (Å²) >= 11 is 0. The van der Waals surface area contributed by atoms with E-state index >= 15 is 9.59 Å². The normalized spacial score (nSPS) is 51.4. The highest BCUT2D eigenvalue weighted by Crippen LogP contribution is 2.79. The number of aliphatic hydroxyl groups is 8. The van der Waals surface area contributed by atoms with E-state index in [9.17, 15) is 46.0 Å². The Morgan fingerprint density at radius 3 is 2.44 bits per heavy atom. The first-order chi connectivity index (χ1) is 43.0.